The van der Waals surface area contributed by atoms with E-state index in [1.807, 2.05) is 49.0 Å². The molecule has 0 bridgehead atoms. The van der Waals surface area contributed by atoms with Crippen LogP contribution in [0.3, 0.4) is 0 Å². The summed E-state index contributed by atoms with van der Waals surface area (Å²) < 4.78 is 9.21. The molecule has 0 saturated carbocycles. The molecule has 1 fully saturated rings. The van der Waals surface area contributed by atoms with Gasteiger partial charge in [-0.3, -0.25) is 14.4 Å². The Labute approximate surface area is 164 Å². The molecule has 1 aliphatic heterocycles. The molecule has 1 atom stereocenters. The van der Waals surface area contributed by atoms with E-state index in [-0.39, 0.29) is 17.5 Å². The van der Waals surface area contributed by atoms with E-state index in [0.29, 0.717) is 12.4 Å². The summed E-state index contributed by atoms with van der Waals surface area (Å²) in [6, 6.07) is 9.83. The van der Waals surface area contributed by atoms with E-state index >= 15 is 0 Å². The van der Waals surface area contributed by atoms with Gasteiger partial charge in [0.25, 0.3) is 5.56 Å². The SMILES string of the molecule is Cc1c(CN2CCC[C@H]2c2nc(C(C)C)no2)c(=O)n(-c2ccccc2)n1C. The van der Waals surface area contributed by atoms with Gasteiger partial charge in [-0.25, -0.2) is 4.68 Å². The number of hydrogen-bond donors (Lipinski definition) is 0. The lowest BCUT2D eigenvalue weighted by Gasteiger charge is -2.20. The minimum Gasteiger partial charge on any atom is -0.338 e. The molecule has 1 aliphatic rings. The molecule has 28 heavy (non-hydrogen) atoms. The molecule has 0 unspecified atom stereocenters. The van der Waals surface area contributed by atoms with Crippen molar-refractivity contribution in [3.05, 3.63) is 63.7 Å². The van der Waals surface area contributed by atoms with Gasteiger partial charge in [0.1, 0.15) is 0 Å². The second-order valence-corrected chi connectivity index (χ2v) is 7.81. The molecule has 1 saturated heterocycles. The van der Waals surface area contributed by atoms with E-state index in [0.717, 1.165) is 42.2 Å². The highest BCUT2D eigenvalue weighted by molar-refractivity contribution is 5.33. The molecule has 148 valence electrons. The molecule has 7 nitrogen and oxygen atoms in total. The number of benzene rings is 1. The van der Waals surface area contributed by atoms with Gasteiger partial charge in [0, 0.05) is 25.2 Å². The molecule has 3 heterocycles. The summed E-state index contributed by atoms with van der Waals surface area (Å²) in [5.41, 5.74) is 2.71. The average Bonchev–Trinajstić information content (AvgIpc) is 3.39. The molecule has 0 aliphatic carbocycles. The fourth-order valence-corrected chi connectivity index (χ4v) is 3.92. The van der Waals surface area contributed by atoms with Crippen LogP contribution in [0.1, 0.15) is 61.6 Å². The molecule has 1 aromatic carbocycles. The van der Waals surface area contributed by atoms with Gasteiger partial charge in [-0.05, 0) is 38.4 Å². The van der Waals surface area contributed by atoms with Crippen LogP contribution in [0.25, 0.3) is 5.69 Å². The second kappa shape index (κ2) is 7.39. The summed E-state index contributed by atoms with van der Waals surface area (Å²) in [7, 11) is 1.93. The highest BCUT2D eigenvalue weighted by Crippen LogP contribution is 2.32. The number of likely N-dealkylation sites (tertiary alicyclic amines) is 1. The molecular weight excluding hydrogens is 354 g/mol. The highest BCUT2D eigenvalue weighted by Gasteiger charge is 2.32. The van der Waals surface area contributed by atoms with Crippen LogP contribution in [-0.2, 0) is 13.6 Å². The van der Waals surface area contributed by atoms with Gasteiger partial charge in [-0.15, -0.1) is 0 Å². The van der Waals surface area contributed by atoms with E-state index in [2.05, 4.69) is 28.9 Å². The lowest BCUT2D eigenvalue weighted by atomic mass is 10.2. The van der Waals surface area contributed by atoms with Crippen molar-refractivity contribution in [1.82, 2.24) is 24.4 Å². The van der Waals surface area contributed by atoms with Crippen LogP contribution >= 0.6 is 0 Å². The molecular formula is C21H27N5O2. The first kappa shape index (κ1) is 18.7. The standard InChI is InChI=1S/C21H27N5O2/c1-14(2)19-22-20(28-23-19)18-11-8-12-25(18)13-17-15(3)24(4)26(21(17)27)16-9-6-5-7-10-16/h5-7,9-10,14,18H,8,11-13H2,1-4H3/t18-/m0/s1. The third kappa shape index (κ3) is 3.20. The van der Waals surface area contributed by atoms with Gasteiger partial charge >= 0.3 is 0 Å². The smallest absolute Gasteiger partial charge is 0.276 e. The summed E-state index contributed by atoms with van der Waals surface area (Å²) >= 11 is 0. The monoisotopic (exact) mass is 381 g/mol. The highest BCUT2D eigenvalue weighted by atomic mass is 16.5. The fourth-order valence-electron chi connectivity index (χ4n) is 3.92. The Kier molecular flexibility index (Phi) is 4.93. The van der Waals surface area contributed by atoms with Crippen LogP contribution in [-0.4, -0.2) is 30.9 Å². The Morgan fingerprint density at radius 1 is 1.25 bits per heavy atom. The minimum atomic E-state index is 0.0326. The summed E-state index contributed by atoms with van der Waals surface area (Å²) in [5.74, 6) is 1.64. The average molecular weight is 381 g/mol. The number of para-hydroxylation sites is 1. The van der Waals surface area contributed by atoms with E-state index in [1.165, 1.54) is 0 Å². The number of nitrogens with zero attached hydrogens (tertiary/aromatic N) is 5. The first-order valence-corrected chi connectivity index (χ1v) is 9.87. The van der Waals surface area contributed by atoms with Crippen molar-refractivity contribution in [3.8, 4) is 5.69 Å². The van der Waals surface area contributed by atoms with E-state index in [9.17, 15) is 4.79 Å². The maximum atomic E-state index is 13.2. The van der Waals surface area contributed by atoms with Crippen LogP contribution in [0.4, 0.5) is 0 Å². The van der Waals surface area contributed by atoms with Gasteiger partial charge < -0.3 is 4.52 Å². The maximum absolute atomic E-state index is 13.2. The van der Waals surface area contributed by atoms with Crippen molar-refractivity contribution >= 4 is 0 Å². The van der Waals surface area contributed by atoms with Crippen LogP contribution in [0.15, 0.2) is 39.6 Å². The van der Waals surface area contributed by atoms with Gasteiger partial charge in [0.05, 0.1) is 17.3 Å². The lowest BCUT2D eigenvalue weighted by molar-refractivity contribution is 0.200. The van der Waals surface area contributed by atoms with Crippen LogP contribution in [0, 0.1) is 6.92 Å². The fraction of sp³-hybridized carbons (Fsp3) is 0.476. The number of hydrogen-bond acceptors (Lipinski definition) is 5. The Balaban J connectivity index is 1.64. The van der Waals surface area contributed by atoms with E-state index in [4.69, 9.17) is 4.52 Å². The molecule has 0 amide bonds. The normalized spacial score (nSPS) is 17.7. The van der Waals surface area contributed by atoms with E-state index < -0.39 is 0 Å². The number of aromatic nitrogens is 4. The lowest BCUT2D eigenvalue weighted by Crippen LogP contribution is -2.27. The van der Waals surface area contributed by atoms with Crippen molar-refractivity contribution in [2.45, 2.75) is 52.1 Å². The largest absolute Gasteiger partial charge is 0.338 e. The Hall–Kier alpha value is -2.67. The van der Waals surface area contributed by atoms with Gasteiger partial charge in [-0.2, -0.15) is 4.98 Å². The third-order valence-electron chi connectivity index (χ3n) is 5.66. The van der Waals surface area contributed by atoms with Gasteiger partial charge in [-0.1, -0.05) is 37.2 Å². The second-order valence-electron chi connectivity index (χ2n) is 7.81. The molecule has 0 spiro atoms. The number of rotatable bonds is 5. The maximum Gasteiger partial charge on any atom is 0.276 e. The van der Waals surface area contributed by atoms with Crippen LogP contribution in [0.2, 0.25) is 0 Å². The first-order chi connectivity index (χ1) is 13.5. The predicted octanol–water partition coefficient (Wildman–Crippen LogP) is 3.33. The summed E-state index contributed by atoms with van der Waals surface area (Å²) in [6.07, 6.45) is 2.03. The molecule has 7 heteroatoms. The van der Waals surface area contributed by atoms with Crippen LogP contribution < -0.4 is 5.56 Å². The van der Waals surface area contributed by atoms with E-state index in [1.54, 1.807) is 4.68 Å². The predicted molar refractivity (Wildman–Crippen MR) is 107 cm³/mol. The summed E-state index contributed by atoms with van der Waals surface area (Å²) in [5, 5.41) is 4.11. The summed E-state index contributed by atoms with van der Waals surface area (Å²) in [6.45, 7) is 7.62. The van der Waals surface area contributed by atoms with Crippen molar-refractivity contribution < 1.29 is 4.52 Å². The Morgan fingerprint density at radius 2 is 2.00 bits per heavy atom. The minimum absolute atomic E-state index is 0.0326. The molecule has 4 rings (SSSR count). The zero-order valence-electron chi connectivity index (χ0n) is 16.9. The first-order valence-electron chi connectivity index (χ1n) is 9.87. The van der Waals surface area contributed by atoms with Crippen molar-refractivity contribution in [1.29, 1.82) is 0 Å². The molecule has 3 aromatic rings. The molecule has 2 aromatic heterocycles. The third-order valence-corrected chi connectivity index (χ3v) is 5.66. The van der Waals surface area contributed by atoms with Gasteiger partial charge in [0.2, 0.25) is 5.89 Å². The quantitative estimate of drug-likeness (QED) is 0.678. The molecule has 0 radical (unpaired) electrons. The van der Waals surface area contributed by atoms with Crippen molar-refractivity contribution in [2.24, 2.45) is 7.05 Å². The zero-order valence-corrected chi connectivity index (χ0v) is 16.9. The topological polar surface area (TPSA) is 69.1 Å². The Bertz CT molecular complexity index is 1020. The molecule has 0 N–H and O–H groups in total. The van der Waals surface area contributed by atoms with Crippen molar-refractivity contribution in [3.63, 3.8) is 0 Å². The summed E-state index contributed by atoms with van der Waals surface area (Å²) in [4.78, 5) is 20.1. The Morgan fingerprint density at radius 3 is 2.68 bits per heavy atom. The van der Waals surface area contributed by atoms with Gasteiger partial charge in [0.15, 0.2) is 5.82 Å². The van der Waals surface area contributed by atoms with Crippen molar-refractivity contribution in [2.75, 3.05) is 6.54 Å². The zero-order chi connectivity index (χ0) is 19.8. The van der Waals surface area contributed by atoms with Crippen LogP contribution in [0.5, 0.6) is 0 Å².